The molecule has 1 N–H and O–H groups in total. The van der Waals surface area contributed by atoms with Crippen LogP contribution in [-0.4, -0.2) is 37.1 Å². The Labute approximate surface area is 114 Å². The third-order valence-corrected chi connectivity index (χ3v) is 5.67. The fourth-order valence-corrected chi connectivity index (χ4v) is 3.93. The standard InChI is InChI=1S/C16H32N2/c1-4-16(5-2)7-10-18(11-8-16)13-15-6-9-17-14(3)12-15/h14-15,17H,4-13H2,1-3H3. The van der Waals surface area contributed by atoms with Crippen LogP contribution in [0.5, 0.6) is 0 Å². The molecular formula is C16H32N2. The van der Waals surface area contributed by atoms with Crippen molar-refractivity contribution in [1.29, 1.82) is 0 Å². The van der Waals surface area contributed by atoms with Crippen LogP contribution in [0.25, 0.3) is 0 Å². The third kappa shape index (κ3) is 3.48. The number of piperidine rings is 2. The molecule has 2 nitrogen and oxygen atoms in total. The number of nitrogens with one attached hydrogen (secondary N) is 1. The minimum atomic E-state index is 0.678. The van der Waals surface area contributed by atoms with Gasteiger partial charge >= 0.3 is 0 Å². The van der Waals surface area contributed by atoms with E-state index in [9.17, 15) is 0 Å². The van der Waals surface area contributed by atoms with Crippen LogP contribution in [0.4, 0.5) is 0 Å². The molecule has 0 aromatic carbocycles. The van der Waals surface area contributed by atoms with Gasteiger partial charge in [0.05, 0.1) is 0 Å². The first-order chi connectivity index (χ1) is 8.67. The maximum atomic E-state index is 3.56. The molecule has 0 spiro atoms. The van der Waals surface area contributed by atoms with Crippen molar-refractivity contribution in [2.24, 2.45) is 11.3 Å². The highest BCUT2D eigenvalue weighted by Crippen LogP contribution is 2.38. The molecule has 2 unspecified atom stereocenters. The Morgan fingerprint density at radius 2 is 1.83 bits per heavy atom. The molecule has 2 heterocycles. The maximum Gasteiger partial charge on any atom is 0.00418 e. The third-order valence-electron chi connectivity index (χ3n) is 5.67. The van der Waals surface area contributed by atoms with E-state index in [-0.39, 0.29) is 0 Å². The lowest BCUT2D eigenvalue weighted by Gasteiger charge is -2.42. The van der Waals surface area contributed by atoms with E-state index in [4.69, 9.17) is 0 Å². The predicted molar refractivity (Wildman–Crippen MR) is 78.9 cm³/mol. The molecule has 2 saturated heterocycles. The number of rotatable bonds is 4. The second kappa shape index (κ2) is 6.38. The molecule has 0 amide bonds. The van der Waals surface area contributed by atoms with Gasteiger partial charge in [-0.25, -0.2) is 0 Å². The van der Waals surface area contributed by atoms with Gasteiger partial charge in [-0.15, -0.1) is 0 Å². The summed E-state index contributed by atoms with van der Waals surface area (Å²) in [6, 6.07) is 0.735. The zero-order valence-corrected chi connectivity index (χ0v) is 12.7. The number of likely N-dealkylation sites (tertiary alicyclic amines) is 1. The van der Waals surface area contributed by atoms with Crippen molar-refractivity contribution in [3.63, 3.8) is 0 Å². The molecule has 2 rings (SSSR count). The van der Waals surface area contributed by atoms with Crippen LogP contribution in [0.2, 0.25) is 0 Å². The van der Waals surface area contributed by atoms with E-state index in [0.717, 1.165) is 12.0 Å². The number of hydrogen-bond acceptors (Lipinski definition) is 2. The van der Waals surface area contributed by atoms with E-state index in [0.29, 0.717) is 5.41 Å². The average molecular weight is 252 g/mol. The molecule has 0 bridgehead atoms. The second-order valence-electron chi connectivity index (χ2n) is 6.75. The summed E-state index contributed by atoms with van der Waals surface area (Å²) in [5, 5.41) is 3.56. The van der Waals surface area contributed by atoms with Gasteiger partial charge in [0.25, 0.3) is 0 Å². The fourth-order valence-electron chi connectivity index (χ4n) is 3.93. The minimum absolute atomic E-state index is 0.678. The van der Waals surface area contributed by atoms with Gasteiger partial charge in [-0.3, -0.25) is 0 Å². The van der Waals surface area contributed by atoms with Crippen LogP contribution in [0, 0.1) is 11.3 Å². The molecule has 2 aliphatic heterocycles. The van der Waals surface area contributed by atoms with E-state index >= 15 is 0 Å². The van der Waals surface area contributed by atoms with Gasteiger partial charge in [-0.05, 0) is 63.6 Å². The molecule has 0 saturated carbocycles. The summed E-state index contributed by atoms with van der Waals surface area (Å²) in [5.74, 6) is 0.942. The first kappa shape index (κ1) is 14.3. The van der Waals surface area contributed by atoms with Gasteiger partial charge in [0.1, 0.15) is 0 Å². The SMILES string of the molecule is CCC1(CC)CCN(CC2CCNC(C)C2)CC1. The van der Waals surface area contributed by atoms with Crippen molar-refractivity contribution in [3.05, 3.63) is 0 Å². The highest BCUT2D eigenvalue weighted by molar-refractivity contribution is 4.86. The molecule has 2 fully saturated rings. The van der Waals surface area contributed by atoms with Crippen molar-refractivity contribution in [2.75, 3.05) is 26.2 Å². The quantitative estimate of drug-likeness (QED) is 0.826. The molecule has 0 aliphatic carbocycles. The Hall–Kier alpha value is -0.0800. The summed E-state index contributed by atoms with van der Waals surface area (Å²) in [6.07, 6.45) is 8.38. The minimum Gasteiger partial charge on any atom is -0.314 e. The van der Waals surface area contributed by atoms with Gasteiger partial charge in [0.15, 0.2) is 0 Å². The number of hydrogen-bond donors (Lipinski definition) is 1. The Morgan fingerprint density at radius 3 is 2.39 bits per heavy atom. The summed E-state index contributed by atoms with van der Waals surface area (Å²) in [5.41, 5.74) is 0.678. The van der Waals surface area contributed by atoms with E-state index in [1.807, 2.05) is 0 Å². The molecule has 106 valence electrons. The normalized spacial score (nSPS) is 33.5. The van der Waals surface area contributed by atoms with Crippen LogP contribution in [0.1, 0.15) is 59.3 Å². The van der Waals surface area contributed by atoms with Gasteiger partial charge in [0, 0.05) is 12.6 Å². The molecule has 2 atom stereocenters. The van der Waals surface area contributed by atoms with E-state index < -0.39 is 0 Å². The lowest BCUT2D eigenvalue weighted by atomic mass is 9.74. The van der Waals surface area contributed by atoms with Crippen molar-refractivity contribution in [2.45, 2.75) is 65.3 Å². The lowest BCUT2D eigenvalue weighted by molar-refractivity contribution is 0.0777. The van der Waals surface area contributed by atoms with Gasteiger partial charge < -0.3 is 10.2 Å². The summed E-state index contributed by atoms with van der Waals surface area (Å²) in [4.78, 5) is 2.74. The first-order valence-corrected chi connectivity index (χ1v) is 8.13. The van der Waals surface area contributed by atoms with Crippen LogP contribution < -0.4 is 5.32 Å². The molecule has 2 aliphatic rings. The zero-order valence-electron chi connectivity index (χ0n) is 12.7. The molecular weight excluding hydrogens is 220 g/mol. The largest absolute Gasteiger partial charge is 0.314 e. The van der Waals surface area contributed by atoms with Gasteiger partial charge in [-0.1, -0.05) is 26.7 Å². The molecule has 0 aromatic rings. The van der Waals surface area contributed by atoms with Crippen LogP contribution in [0.3, 0.4) is 0 Å². The predicted octanol–water partition coefficient (Wildman–Crippen LogP) is 3.28. The number of nitrogens with zero attached hydrogens (tertiary/aromatic N) is 1. The van der Waals surface area contributed by atoms with Gasteiger partial charge in [-0.2, -0.15) is 0 Å². The molecule has 2 heteroatoms. The van der Waals surface area contributed by atoms with Crippen molar-refractivity contribution in [3.8, 4) is 0 Å². The summed E-state index contributed by atoms with van der Waals surface area (Å²) < 4.78 is 0. The average Bonchev–Trinajstić information content (AvgIpc) is 2.40. The molecule has 0 aromatic heterocycles. The highest BCUT2D eigenvalue weighted by atomic mass is 15.1. The summed E-state index contributed by atoms with van der Waals surface area (Å²) >= 11 is 0. The lowest BCUT2D eigenvalue weighted by Crippen LogP contribution is -2.45. The van der Waals surface area contributed by atoms with Gasteiger partial charge in [0.2, 0.25) is 0 Å². The fraction of sp³-hybridized carbons (Fsp3) is 1.00. The van der Waals surface area contributed by atoms with E-state index in [2.05, 4.69) is 31.0 Å². The van der Waals surface area contributed by atoms with Crippen LogP contribution in [0.15, 0.2) is 0 Å². The van der Waals surface area contributed by atoms with Crippen LogP contribution in [-0.2, 0) is 0 Å². The first-order valence-electron chi connectivity index (χ1n) is 8.13. The smallest absolute Gasteiger partial charge is 0.00418 e. The van der Waals surface area contributed by atoms with Crippen molar-refractivity contribution >= 4 is 0 Å². The molecule has 0 radical (unpaired) electrons. The van der Waals surface area contributed by atoms with Crippen molar-refractivity contribution in [1.82, 2.24) is 10.2 Å². The van der Waals surface area contributed by atoms with Crippen molar-refractivity contribution < 1.29 is 0 Å². The maximum absolute atomic E-state index is 3.56. The monoisotopic (exact) mass is 252 g/mol. The zero-order chi connectivity index (χ0) is 13.0. The Bertz CT molecular complexity index is 237. The van der Waals surface area contributed by atoms with E-state index in [1.165, 1.54) is 64.7 Å². The topological polar surface area (TPSA) is 15.3 Å². The van der Waals surface area contributed by atoms with E-state index in [1.54, 1.807) is 0 Å². The summed E-state index contributed by atoms with van der Waals surface area (Å²) in [6.45, 7) is 12.4. The summed E-state index contributed by atoms with van der Waals surface area (Å²) in [7, 11) is 0. The Morgan fingerprint density at radius 1 is 1.17 bits per heavy atom. The Kier molecular flexibility index (Phi) is 5.08. The highest BCUT2D eigenvalue weighted by Gasteiger charge is 2.32. The Balaban J connectivity index is 1.76. The molecule has 18 heavy (non-hydrogen) atoms. The second-order valence-corrected chi connectivity index (χ2v) is 6.75. The van der Waals surface area contributed by atoms with Crippen LogP contribution >= 0.6 is 0 Å².